The second-order valence-electron chi connectivity index (χ2n) is 3.83. The summed E-state index contributed by atoms with van der Waals surface area (Å²) in [5.41, 5.74) is 0.846. The van der Waals surface area contributed by atoms with E-state index in [2.05, 4.69) is 5.32 Å². The number of nitrogens with one attached hydrogen (secondary N) is 1. The van der Waals surface area contributed by atoms with E-state index in [1.165, 1.54) is 0 Å². The van der Waals surface area contributed by atoms with Gasteiger partial charge in [0.25, 0.3) is 0 Å². The Morgan fingerprint density at radius 1 is 1.18 bits per heavy atom. The molecule has 1 aliphatic rings. The summed E-state index contributed by atoms with van der Waals surface area (Å²) in [6.45, 7) is 0.948. The summed E-state index contributed by atoms with van der Waals surface area (Å²) in [5, 5.41) is 2.49. The maximum absolute atomic E-state index is 12.5. The van der Waals surface area contributed by atoms with Crippen molar-refractivity contribution in [2.45, 2.75) is 12.2 Å². The summed E-state index contributed by atoms with van der Waals surface area (Å²) in [5.74, 6) is 0. The molecule has 6 heteroatoms. The molecule has 17 heavy (non-hydrogen) atoms. The molecule has 1 aliphatic heterocycles. The van der Waals surface area contributed by atoms with E-state index in [9.17, 15) is 13.2 Å². The van der Waals surface area contributed by atoms with E-state index in [4.69, 9.17) is 0 Å². The Kier molecular flexibility index (Phi) is 4.65. The van der Waals surface area contributed by atoms with Gasteiger partial charge in [-0.05, 0) is 12.1 Å². The van der Waals surface area contributed by atoms with E-state index in [0.717, 1.165) is 5.69 Å². The minimum Gasteiger partial charge on any atom is -0.368 e. The summed E-state index contributed by atoms with van der Waals surface area (Å²) in [6, 6.07) is 7.76. The standard InChI is InChI=1S/C11H13F3N2.ClH/c12-11(13,14)10-8-16(7-6-15-10)9-4-2-1-3-5-9;/h1-5,10,15H,6-8H2;1H. The van der Waals surface area contributed by atoms with Crippen molar-refractivity contribution < 1.29 is 13.2 Å². The smallest absolute Gasteiger partial charge is 0.368 e. The fourth-order valence-electron chi connectivity index (χ4n) is 1.84. The molecule has 1 aromatic rings. The third-order valence-corrected chi connectivity index (χ3v) is 2.69. The Labute approximate surface area is 104 Å². The number of halogens is 4. The largest absolute Gasteiger partial charge is 0.405 e. The number of benzene rings is 1. The van der Waals surface area contributed by atoms with E-state index in [0.29, 0.717) is 13.1 Å². The quantitative estimate of drug-likeness (QED) is 0.840. The van der Waals surface area contributed by atoms with Gasteiger partial charge < -0.3 is 10.2 Å². The van der Waals surface area contributed by atoms with Gasteiger partial charge in [-0.15, -0.1) is 12.4 Å². The first-order valence-corrected chi connectivity index (χ1v) is 5.17. The lowest BCUT2D eigenvalue weighted by atomic mass is 10.2. The summed E-state index contributed by atoms with van der Waals surface area (Å²) >= 11 is 0. The molecule has 1 saturated heterocycles. The lowest BCUT2D eigenvalue weighted by Gasteiger charge is -2.36. The van der Waals surface area contributed by atoms with Crippen LogP contribution in [0, 0.1) is 0 Å². The summed E-state index contributed by atoms with van der Waals surface area (Å²) in [7, 11) is 0. The fraction of sp³-hybridized carbons (Fsp3) is 0.455. The maximum Gasteiger partial charge on any atom is 0.405 e. The first kappa shape index (κ1) is 14.1. The highest BCUT2D eigenvalue weighted by atomic mass is 35.5. The molecule has 0 aliphatic carbocycles. The zero-order valence-corrected chi connectivity index (χ0v) is 9.89. The number of para-hydroxylation sites is 1. The van der Waals surface area contributed by atoms with Crippen molar-refractivity contribution in [2.24, 2.45) is 0 Å². The average Bonchev–Trinajstić information content (AvgIpc) is 2.29. The van der Waals surface area contributed by atoms with Crippen LogP contribution in [0.4, 0.5) is 18.9 Å². The van der Waals surface area contributed by atoms with Crippen LogP contribution in [0.1, 0.15) is 0 Å². The maximum atomic E-state index is 12.5. The lowest BCUT2D eigenvalue weighted by molar-refractivity contribution is -0.155. The van der Waals surface area contributed by atoms with Gasteiger partial charge in [0.15, 0.2) is 0 Å². The van der Waals surface area contributed by atoms with Crippen molar-refractivity contribution in [3.05, 3.63) is 30.3 Å². The molecule has 0 radical (unpaired) electrons. The van der Waals surface area contributed by atoms with Crippen LogP contribution in [0.25, 0.3) is 0 Å². The molecular weight excluding hydrogens is 253 g/mol. The monoisotopic (exact) mass is 266 g/mol. The van der Waals surface area contributed by atoms with Crippen LogP contribution < -0.4 is 10.2 Å². The molecule has 96 valence electrons. The molecule has 2 rings (SSSR count). The van der Waals surface area contributed by atoms with Crippen molar-refractivity contribution >= 4 is 18.1 Å². The SMILES string of the molecule is Cl.FC(F)(F)C1CN(c2ccccc2)CCN1. The third kappa shape index (κ3) is 3.51. The number of hydrogen-bond acceptors (Lipinski definition) is 2. The van der Waals surface area contributed by atoms with E-state index in [1.807, 2.05) is 30.3 Å². The van der Waals surface area contributed by atoms with Gasteiger partial charge in [-0.2, -0.15) is 13.2 Å². The van der Waals surface area contributed by atoms with Crippen LogP contribution >= 0.6 is 12.4 Å². The predicted octanol–water partition coefficient (Wildman–Crippen LogP) is 2.45. The molecule has 0 spiro atoms. The average molecular weight is 267 g/mol. The number of piperazine rings is 1. The van der Waals surface area contributed by atoms with Crippen molar-refractivity contribution in [1.29, 1.82) is 0 Å². The molecule has 1 unspecified atom stereocenters. The topological polar surface area (TPSA) is 15.3 Å². The van der Waals surface area contributed by atoms with Gasteiger partial charge in [0.1, 0.15) is 6.04 Å². The lowest BCUT2D eigenvalue weighted by Crippen LogP contribution is -2.57. The molecule has 1 N–H and O–H groups in total. The highest BCUT2D eigenvalue weighted by Crippen LogP contribution is 2.24. The first-order chi connectivity index (χ1) is 7.57. The molecule has 0 saturated carbocycles. The number of alkyl halides is 3. The Bertz CT molecular complexity index is 342. The highest BCUT2D eigenvalue weighted by molar-refractivity contribution is 5.85. The normalized spacial score (nSPS) is 20.9. The van der Waals surface area contributed by atoms with Gasteiger partial charge >= 0.3 is 6.18 Å². The molecule has 1 atom stereocenters. The zero-order valence-electron chi connectivity index (χ0n) is 9.07. The van der Waals surface area contributed by atoms with E-state index in [1.54, 1.807) is 4.90 Å². The third-order valence-electron chi connectivity index (χ3n) is 2.69. The zero-order chi connectivity index (χ0) is 11.6. The molecule has 1 heterocycles. The van der Waals surface area contributed by atoms with Gasteiger partial charge in [0.05, 0.1) is 0 Å². The fourth-order valence-corrected chi connectivity index (χ4v) is 1.84. The minimum absolute atomic E-state index is 0. The number of nitrogens with zero attached hydrogens (tertiary/aromatic N) is 1. The van der Waals surface area contributed by atoms with Gasteiger partial charge in [-0.3, -0.25) is 0 Å². The van der Waals surface area contributed by atoms with E-state index < -0.39 is 12.2 Å². The molecule has 0 aromatic heterocycles. The Hall–Kier alpha value is -0.940. The molecular formula is C11H14ClF3N2. The Morgan fingerprint density at radius 2 is 1.82 bits per heavy atom. The number of hydrogen-bond donors (Lipinski definition) is 1. The van der Waals surface area contributed by atoms with Crippen LogP contribution in [0.15, 0.2) is 30.3 Å². The van der Waals surface area contributed by atoms with Gasteiger partial charge in [0.2, 0.25) is 0 Å². The summed E-state index contributed by atoms with van der Waals surface area (Å²) < 4.78 is 37.6. The molecule has 0 bridgehead atoms. The van der Waals surface area contributed by atoms with Crippen LogP contribution in [0.2, 0.25) is 0 Å². The van der Waals surface area contributed by atoms with Crippen molar-refractivity contribution in [3.8, 4) is 0 Å². The Morgan fingerprint density at radius 3 is 2.41 bits per heavy atom. The van der Waals surface area contributed by atoms with E-state index in [-0.39, 0.29) is 19.0 Å². The van der Waals surface area contributed by atoms with Gasteiger partial charge in [-0.1, -0.05) is 18.2 Å². The second kappa shape index (κ2) is 5.60. The van der Waals surface area contributed by atoms with Gasteiger partial charge in [0, 0.05) is 25.3 Å². The van der Waals surface area contributed by atoms with Crippen molar-refractivity contribution in [2.75, 3.05) is 24.5 Å². The minimum atomic E-state index is -4.17. The summed E-state index contributed by atoms with van der Waals surface area (Å²) in [6.07, 6.45) is -4.17. The molecule has 0 amide bonds. The Balaban J connectivity index is 0.00000144. The predicted molar refractivity (Wildman–Crippen MR) is 63.7 cm³/mol. The first-order valence-electron chi connectivity index (χ1n) is 5.17. The summed E-state index contributed by atoms with van der Waals surface area (Å²) in [4.78, 5) is 1.76. The van der Waals surface area contributed by atoms with Crippen LogP contribution in [0.3, 0.4) is 0 Å². The highest BCUT2D eigenvalue weighted by Gasteiger charge is 2.41. The number of rotatable bonds is 1. The molecule has 1 fully saturated rings. The van der Waals surface area contributed by atoms with Crippen molar-refractivity contribution in [1.82, 2.24) is 5.32 Å². The van der Waals surface area contributed by atoms with Crippen molar-refractivity contribution in [3.63, 3.8) is 0 Å². The van der Waals surface area contributed by atoms with Crippen LogP contribution in [0.5, 0.6) is 0 Å². The molecule has 2 nitrogen and oxygen atoms in total. The number of anilines is 1. The van der Waals surface area contributed by atoms with Gasteiger partial charge in [-0.25, -0.2) is 0 Å². The molecule has 1 aromatic carbocycles. The van der Waals surface area contributed by atoms with E-state index >= 15 is 0 Å². The van der Waals surface area contributed by atoms with Crippen LogP contribution in [-0.2, 0) is 0 Å². The second-order valence-corrected chi connectivity index (χ2v) is 3.83. The van der Waals surface area contributed by atoms with Crippen LogP contribution in [-0.4, -0.2) is 31.9 Å².